The number of hydrogen-bond donors (Lipinski definition) is 1. The summed E-state index contributed by atoms with van der Waals surface area (Å²) in [7, 11) is 0. The molecule has 5 nitrogen and oxygen atoms in total. The van der Waals surface area contributed by atoms with Gasteiger partial charge < -0.3 is 20.1 Å². The minimum atomic E-state index is -1.27. The second kappa shape index (κ2) is 5.49. The van der Waals surface area contributed by atoms with Gasteiger partial charge in [0.25, 0.3) is 0 Å². The van der Waals surface area contributed by atoms with E-state index in [1.54, 1.807) is 42.5 Å². The fourth-order valence-corrected chi connectivity index (χ4v) is 3.06. The number of nitrogens with two attached hydrogens (primary N) is 1. The van der Waals surface area contributed by atoms with Gasteiger partial charge in [0.2, 0.25) is 0 Å². The van der Waals surface area contributed by atoms with E-state index in [0.29, 0.717) is 39.1 Å². The van der Waals surface area contributed by atoms with Crippen LogP contribution in [0.25, 0.3) is 33.4 Å². The van der Waals surface area contributed by atoms with Crippen LogP contribution in [0.2, 0.25) is 0 Å². The van der Waals surface area contributed by atoms with Gasteiger partial charge in [0, 0.05) is 39.9 Å². The SMILES string of the molecule is Nc1ccc2c(-c3ccccc3C(=O)[O-])c3ccc(=O)cc-3oc2c1. The van der Waals surface area contributed by atoms with Gasteiger partial charge in [-0.15, -0.1) is 0 Å². The van der Waals surface area contributed by atoms with Crippen LogP contribution in [0.3, 0.4) is 0 Å². The summed E-state index contributed by atoms with van der Waals surface area (Å²) in [5.74, 6) is -0.901. The Labute approximate surface area is 142 Å². The molecule has 0 radical (unpaired) electrons. The molecule has 0 saturated carbocycles. The smallest absolute Gasteiger partial charge is 0.182 e. The van der Waals surface area contributed by atoms with Crippen LogP contribution in [-0.2, 0) is 0 Å². The summed E-state index contributed by atoms with van der Waals surface area (Å²) in [6.07, 6.45) is 0. The van der Waals surface area contributed by atoms with Gasteiger partial charge >= 0.3 is 0 Å². The van der Waals surface area contributed by atoms with Gasteiger partial charge in [-0.1, -0.05) is 24.3 Å². The Balaban J connectivity index is 2.22. The average Bonchev–Trinajstić information content (AvgIpc) is 2.59. The topological polar surface area (TPSA) is 96.4 Å². The first-order chi connectivity index (χ1) is 12.0. The van der Waals surface area contributed by atoms with Crippen LogP contribution in [0.1, 0.15) is 10.4 Å². The largest absolute Gasteiger partial charge is 0.545 e. The highest BCUT2D eigenvalue weighted by atomic mass is 16.4. The molecule has 2 aromatic carbocycles. The maximum atomic E-state index is 11.7. The first-order valence-corrected chi connectivity index (χ1v) is 7.61. The number of benzene rings is 3. The predicted octanol–water partition coefficient (Wildman–Crippen LogP) is 2.51. The highest BCUT2D eigenvalue weighted by Crippen LogP contribution is 2.41. The third-order valence-electron chi connectivity index (χ3n) is 4.13. The summed E-state index contributed by atoms with van der Waals surface area (Å²) in [5, 5.41) is 12.3. The molecule has 2 aliphatic rings. The number of rotatable bonds is 2. The van der Waals surface area contributed by atoms with Crippen molar-refractivity contribution in [3.05, 3.63) is 76.5 Å². The van der Waals surface area contributed by atoms with Crippen LogP contribution < -0.4 is 16.3 Å². The van der Waals surface area contributed by atoms with Crippen molar-refractivity contribution in [2.24, 2.45) is 0 Å². The number of carbonyl (C=O) groups excluding carboxylic acids is 1. The van der Waals surface area contributed by atoms with Crippen molar-refractivity contribution in [2.45, 2.75) is 0 Å². The van der Waals surface area contributed by atoms with Crippen LogP contribution in [0.5, 0.6) is 0 Å². The Hall–Kier alpha value is -3.60. The summed E-state index contributed by atoms with van der Waals surface area (Å²) in [5.41, 5.74) is 8.50. The fraction of sp³-hybridized carbons (Fsp3) is 0. The minimum absolute atomic E-state index is 0.0688. The molecule has 0 fully saturated rings. The van der Waals surface area contributed by atoms with Gasteiger partial charge in [0.15, 0.2) is 5.43 Å². The highest BCUT2D eigenvalue weighted by molar-refractivity contribution is 6.07. The molecule has 0 bridgehead atoms. The number of carboxylic acids is 1. The second-order valence-corrected chi connectivity index (χ2v) is 5.72. The Kier molecular flexibility index (Phi) is 3.28. The monoisotopic (exact) mass is 330 g/mol. The first-order valence-electron chi connectivity index (χ1n) is 7.61. The van der Waals surface area contributed by atoms with E-state index >= 15 is 0 Å². The molecule has 5 heteroatoms. The van der Waals surface area contributed by atoms with Crippen LogP contribution in [0, 0.1) is 0 Å². The number of nitrogen functional groups attached to an aromatic ring is 1. The molecule has 122 valence electrons. The summed E-state index contributed by atoms with van der Waals surface area (Å²) in [4.78, 5) is 23.3. The Morgan fingerprint density at radius 1 is 0.960 bits per heavy atom. The van der Waals surface area contributed by atoms with Gasteiger partial charge in [-0.3, -0.25) is 4.79 Å². The van der Waals surface area contributed by atoms with Crippen molar-refractivity contribution in [1.29, 1.82) is 0 Å². The summed E-state index contributed by atoms with van der Waals surface area (Å²) < 4.78 is 5.83. The molecule has 1 heterocycles. The molecule has 0 aromatic heterocycles. The number of anilines is 1. The Morgan fingerprint density at radius 3 is 2.56 bits per heavy atom. The van der Waals surface area contributed by atoms with Crippen LogP contribution >= 0.6 is 0 Å². The number of fused-ring (bicyclic) bond motifs is 2. The van der Waals surface area contributed by atoms with Crippen molar-refractivity contribution in [3.63, 3.8) is 0 Å². The van der Waals surface area contributed by atoms with Gasteiger partial charge in [0.1, 0.15) is 11.3 Å². The van der Waals surface area contributed by atoms with Crippen LogP contribution in [0.15, 0.2) is 69.9 Å². The predicted molar refractivity (Wildman–Crippen MR) is 93.3 cm³/mol. The molecule has 1 aliphatic heterocycles. The van der Waals surface area contributed by atoms with Gasteiger partial charge in [0.05, 0.1) is 5.97 Å². The zero-order valence-corrected chi connectivity index (χ0v) is 13.0. The van der Waals surface area contributed by atoms with Crippen molar-refractivity contribution >= 4 is 22.6 Å². The van der Waals surface area contributed by atoms with E-state index in [-0.39, 0.29) is 11.0 Å². The zero-order valence-electron chi connectivity index (χ0n) is 13.0. The standard InChI is InChI=1S/C20H13NO4/c21-11-5-7-15-17(9-11)25-18-10-12(22)6-8-16(18)19(15)13-3-1-2-4-14(13)20(23)24/h1-10H,21H2,(H,23,24)/p-1. The fourth-order valence-electron chi connectivity index (χ4n) is 3.06. The molecule has 2 aromatic rings. The van der Waals surface area contributed by atoms with E-state index in [1.807, 2.05) is 0 Å². The lowest BCUT2D eigenvalue weighted by atomic mass is 9.91. The van der Waals surface area contributed by atoms with Crippen molar-refractivity contribution in [2.75, 3.05) is 5.73 Å². The van der Waals surface area contributed by atoms with Gasteiger partial charge in [-0.25, -0.2) is 0 Å². The molecular formula is C20H12NO4-. The highest BCUT2D eigenvalue weighted by Gasteiger charge is 2.19. The maximum Gasteiger partial charge on any atom is 0.182 e. The van der Waals surface area contributed by atoms with Gasteiger partial charge in [-0.05, 0) is 29.8 Å². The molecule has 1 aliphatic carbocycles. The van der Waals surface area contributed by atoms with Crippen molar-refractivity contribution < 1.29 is 14.3 Å². The van der Waals surface area contributed by atoms with Crippen LogP contribution in [0.4, 0.5) is 5.69 Å². The summed E-state index contributed by atoms with van der Waals surface area (Å²) >= 11 is 0. The number of carboxylic acid groups (broad SMARTS) is 1. The normalized spacial score (nSPS) is 11.0. The van der Waals surface area contributed by atoms with E-state index in [0.717, 1.165) is 0 Å². The lowest BCUT2D eigenvalue weighted by molar-refractivity contribution is -0.254. The Morgan fingerprint density at radius 2 is 1.76 bits per heavy atom. The van der Waals surface area contributed by atoms with Crippen molar-refractivity contribution in [3.8, 4) is 22.5 Å². The molecule has 2 N–H and O–H groups in total. The molecule has 0 unspecified atom stereocenters. The van der Waals surface area contributed by atoms with Gasteiger partial charge in [-0.2, -0.15) is 0 Å². The number of hydrogen-bond acceptors (Lipinski definition) is 5. The van der Waals surface area contributed by atoms with Crippen LogP contribution in [-0.4, -0.2) is 5.97 Å². The average molecular weight is 330 g/mol. The van der Waals surface area contributed by atoms with E-state index < -0.39 is 5.97 Å². The summed E-state index contributed by atoms with van der Waals surface area (Å²) in [6.45, 7) is 0. The van der Waals surface area contributed by atoms with E-state index in [4.69, 9.17) is 10.2 Å². The van der Waals surface area contributed by atoms with E-state index in [1.165, 1.54) is 18.2 Å². The molecule has 25 heavy (non-hydrogen) atoms. The molecule has 0 amide bonds. The molecule has 0 atom stereocenters. The molecule has 0 saturated heterocycles. The summed E-state index contributed by atoms with van der Waals surface area (Å²) in [6, 6.07) is 16.2. The Bertz CT molecular complexity index is 1160. The van der Waals surface area contributed by atoms with Crippen molar-refractivity contribution in [1.82, 2.24) is 0 Å². The lowest BCUT2D eigenvalue weighted by Crippen LogP contribution is -2.23. The third-order valence-corrected chi connectivity index (χ3v) is 4.13. The minimum Gasteiger partial charge on any atom is -0.545 e. The number of aromatic carboxylic acids is 1. The third kappa shape index (κ3) is 2.42. The lowest BCUT2D eigenvalue weighted by Gasteiger charge is -2.18. The van der Waals surface area contributed by atoms with E-state index in [2.05, 4.69) is 0 Å². The zero-order chi connectivity index (χ0) is 17.6. The molecule has 4 rings (SSSR count). The molecular weight excluding hydrogens is 318 g/mol. The van der Waals surface area contributed by atoms with E-state index in [9.17, 15) is 14.7 Å². The quantitative estimate of drug-likeness (QED) is 0.450. The molecule has 0 spiro atoms. The number of carbonyl (C=O) groups is 1. The maximum absolute atomic E-state index is 11.7. The first kappa shape index (κ1) is 15.0. The second-order valence-electron chi connectivity index (χ2n) is 5.72.